The van der Waals surface area contributed by atoms with Gasteiger partial charge in [0.15, 0.2) is 0 Å². The molecular formula is C15H23NO2. The Bertz CT molecular complexity index is 394. The third kappa shape index (κ3) is 4.86. The fourth-order valence-electron chi connectivity index (χ4n) is 1.73. The van der Waals surface area contributed by atoms with Gasteiger partial charge >= 0.3 is 5.97 Å². The summed E-state index contributed by atoms with van der Waals surface area (Å²) in [6, 6.07) is 4.18. The monoisotopic (exact) mass is 249 g/mol. The number of hydrogen-bond donors (Lipinski definition) is 0. The molecule has 3 nitrogen and oxygen atoms in total. The first-order chi connectivity index (χ1) is 8.43. The Hall–Kier alpha value is -1.38. The highest BCUT2D eigenvalue weighted by molar-refractivity contribution is 5.69. The highest BCUT2D eigenvalue weighted by Crippen LogP contribution is 2.22. The van der Waals surface area contributed by atoms with Crippen molar-refractivity contribution in [1.82, 2.24) is 4.98 Å². The molecule has 0 N–H and O–H groups in total. The molecule has 0 aliphatic rings. The molecule has 0 aliphatic carbocycles. The zero-order valence-electron chi connectivity index (χ0n) is 11.8. The van der Waals surface area contributed by atoms with Crippen molar-refractivity contribution in [1.29, 1.82) is 0 Å². The molecule has 18 heavy (non-hydrogen) atoms. The molecule has 0 aromatic carbocycles. The first-order valence-electron chi connectivity index (χ1n) is 6.54. The molecule has 1 aromatic rings. The van der Waals surface area contributed by atoms with Crippen molar-refractivity contribution in [2.45, 2.75) is 52.4 Å². The van der Waals surface area contributed by atoms with Crippen LogP contribution in [-0.4, -0.2) is 17.6 Å². The Balaban J connectivity index is 2.51. The van der Waals surface area contributed by atoms with Gasteiger partial charge in [-0.1, -0.05) is 20.8 Å². The molecule has 0 atom stereocenters. The van der Waals surface area contributed by atoms with E-state index in [1.165, 1.54) is 5.56 Å². The van der Waals surface area contributed by atoms with Gasteiger partial charge in [-0.25, -0.2) is 0 Å². The van der Waals surface area contributed by atoms with Crippen LogP contribution in [0.25, 0.3) is 0 Å². The number of carbonyl (C=O) groups excluding carboxylic acids is 1. The van der Waals surface area contributed by atoms with Crippen LogP contribution in [0.1, 0.15) is 51.8 Å². The molecule has 0 fully saturated rings. The molecule has 1 rings (SSSR count). The molecule has 0 radical (unpaired) electrons. The molecule has 100 valence electrons. The molecular weight excluding hydrogens is 226 g/mol. The predicted molar refractivity (Wildman–Crippen MR) is 72.5 cm³/mol. The summed E-state index contributed by atoms with van der Waals surface area (Å²) in [5.41, 5.74) is 2.47. The van der Waals surface area contributed by atoms with E-state index in [-0.39, 0.29) is 11.4 Å². The molecule has 1 heterocycles. The van der Waals surface area contributed by atoms with Crippen LogP contribution in [0.15, 0.2) is 18.3 Å². The van der Waals surface area contributed by atoms with Crippen LogP contribution in [0.5, 0.6) is 0 Å². The van der Waals surface area contributed by atoms with Crippen molar-refractivity contribution >= 4 is 5.97 Å². The van der Waals surface area contributed by atoms with Gasteiger partial charge in [0.2, 0.25) is 0 Å². The second-order valence-electron chi connectivity index (χ2n) is 5.44. The van der Waals surface area contributed by atoms with E-state index in [1.807, 2.05) is 13.1 Å². The molecule has 0 spiro atoms. The minimum atomic E-state index is -0.121. The number of ether oxygens (including phenoxy) is 1. The molecule has 0 amide bonds. The van der Waals surface area contributed by atoms with E-state index in [1.54, 1.807) is 0 Å². The lowest BCUT2D eigenvalue weighted by Gasteiger charge is -2.19. The fraction of sp³-hybridized carbons (Fsp3) is 0.600. The van der Waals surface area contributed by atoms with Gasteiger partial charge in [-0.2, -0.15) is 0 Å². The van der Waals surface area contributed by atoms with Crippen molar-refractivity contribution in [3.63, 3.8) is 0 Å². The lowest BCUT2D eigenvalue weighted by atomic mass is 9.87. The first kappa shape index (κ1) is 14.7. The molecule has 0 bridgehead atoms. The van der Waals surface area contributed by atoms with Crippen molar-refractivity contribution in [2.75, 3.05) is 6.61 Å². The summed E-state index contributed by atoms with van der Waals surface area (Å²) in [5, 5.41) is 0. The lowest BCUT2D eigenvalue weighted by molar-refractivity contribution is -0.143. The van der Waals surface area contributed by atoms with Crippen molar-refractivity contribution in [3.05, 3.63) is 29.6 Å². The van der Waals surface area contributed by atoms with Crippen LogP contribution < -0.4 is 0 Å². The summed E-state index contributed by atoms with van der Waals surface area (Å²) < 4.78 is 4.90. The summed E-state index contributed by atoms with van der Waals surface area (Å²) >= 11 is 0. The predicted octanol–water partition coefficient (Wildman–Crippen LogP) is 3.26. The van der Waals surface area contributed by atoms with Gasteiger partial charge in [0.05, 0.1) is 6.61 Å². The van der Waals surface area contributed by atoms with Gasteiger partial charge in [0.25, 0.3) is 0 Å². The maximum atomic E-state index is 11.2. The Morgan fingerprint density at radius 2 is 2.11 bits per heavy atom. The highest BCUT2D eigenvalue weighted by atomic mass is 16.5. The van der Waals surface area contributed by atoms with Gasteiger partial charge in [0.1, 0.15) is 0 Å². The average Bonchev–Trinajstić information content (AvgIpc) is 2.29. The Morgan fingerprint density at radius 1 is 1.39 bits per heavy atom. The Kier molecular flexibility index (Phi) is 5.32. The Labute approximate surface area is 110 Å². The number of aromatic nitrogens is 1. The molecule has 0 saturated heterocycles. The van der Waals surface area contributed by atoms with Crippen molar-refractivity contribution < 1.29 is 9.53 Å². The summed E-state index contributed by atoms with van der Waals surface area (Å²) in [7, 11) is 0. The van der Waals surface area contributed by atoms with Crippen LogP contribution in [0.2, 0.25) is 0 Å². The van der Waals surface area contributed by atoms with Gasteiger partial charge in [-0.15, -0.1) is 0 Å². The summed E-state index contributed by atoms with van der Waals surface area (Å²) in [5.74, 6) is -0.121. The molecule has 0 saturated carbocycles. The maximum absolute atomic E-state index is 11.2. The number of aryl methyl sites for hydroxylation is 1. The van der Waals surface area contributed by atoms with Gasteiger partial charge < -0.3 is 4.74 Å². The number of hydrogen-bond acceptors (Lipinski definition) is 3. The number of nitrogens with zero attached hydrogens (tertiary/aromatic N) is 1. The van der Waals surface area contributed by atoms with Crippen LogP contribution >= 0.6 is 0 Å². The standard InChI is InChI=1S/C15H23NO2/c1-5-18-14(17)8-6-7-13-11-12(9-10-16-13)15(2,3)4/h9-11H,5-8H2,1-4H3. The largest absolute Gasteiger partial charge is 0.466 e. The third-order valence-corrected chi connectivity index (χ3v) is 2.80. The topological polar surface area (TPSA) is 39.2 Å². The van der Waals surface area contributed by atoms with Crippen molar-refractivity contribution in [3.8, 4) is 0 Å². The maximum Gasteiger partial charge on any atom is 0.305 e. The quantitative estimate of drug-likeness (QED) is 0.752. The zero-order chi connectivity index (χ0) is 13.6. The van der Waals surface area contributed by atoms with E-state index in [0.717, 1.165) is 18.5 Å². The number of esters is 1. The third-order valence-electron chi connectivity index (χ3n) is 2.80. The minimum absolute atomic E-state index is 0.121. The van der Waals surface area contributed by atoms with Crippen LogP contribution in [-0.2, 0) is 21.4 Å². The van der Waals surface area contributed by atoms with E-state index >= 15 is 0 Å². The van der Waals surface area contributed by atoms with E-state index in [9.17, 15) is 4.79 Å². The molecule has 3 heteroatoms. The fourth-order valence-corrected chi connectivity index (χ4v) is 1.73. The number of pyridine rings is 1. The van der Waals surface area contributed by atoms with Gasteiger partial charge in [-0.05, 0) is 42.9 Å². The second-order valence-corrected chi connectivity index (χ2v) is 5.44. The van der Waals surface area contributed by atoms with E-state index < -0.39 is 0 Å². The summed E-state index contributed by atoms with van der Waals surface area (Å²) in [6.45, 7) is 8.84. The smallest absolute Gasteiger partial charge is 0.305 e. The number of rotatable bonds is 5. The SMILES string of the molecule is CCOC(=O)CCCc1cc(C(C)(C)C)ccn1. The molecule has 0 aliphatic heterocycles. The normalized spacial score (nSPS) is 11.3. The minimum Gasteiger partial charge on any atom is -0.466 e. The van der Waals surface area contributed by atoms with Gasteiger partial charge in [0, 0.05) is 18.3 Å². The summed E-state index contributed by atoms with van der Waals surface area (Å²) in [4.78, 5) is 15.6. The highest BCUT2D eigenvalue weighted by Gasteiger charge is 2.14. The average molecular weight is 249 g/mol. The van der Waals surface area contributed by atoms with Crippen LogP contribution in [0, 0.1) is 0 Å². The first-order valence-corrected chi connectivity index (χ1v) is 6.54. The second kappa shape index (κ2) is 6.53. The van der Waals surface area contributed by atoms with Crippen LogP contribution in [0.4, 0.5) is 0 Å². The molecule has 0 unspecified atom stereocenters. The van der Waals surface area contributed by atoms with E-state index in [0.29, 0.717) is 13.0 Å². The number of carbonyl (C=O) groups is 1. The van der Waals surface area contributed by atoms with Crippen molar-refractivity contribution in [2.24, 2.45) is 0 Å². The zero-order valence-corrected chi connectivity index (χ0v) is 11.8. The van der Waals surface area contributed by atoms with Crippen LogP contribution in [0.3, 0.4) is 0 Å². The lowest BCUT2D eigenvalue weighted by Crippen LogP contribution is -2.12. The summed E-state index contributed by atoms with van der Waals surface area (Å²) in [6.07, 6.45) is 3.93. The van der Waals surface area contributed by atoms with Gasteiger partial charge in [-0.3, -0.25) is 9.78 Å². The Morgan fingerprint density at radius 3 is 2.72 bits per heavy atom. The van der Waals surface area contributed by atoms with E-state index in [4.69, 9.17) is 4.74 Å². The molecule has 1 aromatic heterocycles. The van der Waals surface area contributed by atoms with E-state index in [2.05, 4.69) is 37.9 Å².